The molecule has 1 aromatic heterocycles. The molecule has 0 saturated heterocycles. The number of amides is 2. The molecule has 5 heteroatoms. The second-order valence-electron chi connectivity index (χ2n) is 6.20. The van der Waals surface area contributed by atoms with E-state index in [4.69, 9.17) is 0 Å². The molecule has 0 saturated carbocycles. The largest absolute Gasteiger partial charge is 0.352 e. The maximum atomic E-state index is 12.2. The number of aromatic nitrogens is 1. The summed E-state index contributed by atoms with van der Waals surface area (Å²) >= 11 is 0. The summed E-state index contributed by atoms with van der Waals surface area (Å²) in [6.45, 7) is 4.40. The van der Waals surface area contributed by atoms with Gasteiger partial charge in [0.05, 0.1) is 11.1 Å². The highest BCUT2D eigenvalue weighted by Crippen LogP contribution is 2.19. The van der Waals surface area contributed by atoms with Crippen LogP contribution in [0.2, 0.25) is 0 Å². The summed E-state index contributed by atoms with van der Waals surface area (Å²) in [5.74, 6) is -0.400. The van der Waals surface area contributed by atoms with Crippen molar-refractivity contribution in [3.8, 4) is 0 Å². The van der Waals surface area contributed by atoms with Gasteiger partial charge in [0.1, 0.15) is 0 Å². The fourth-order valence-corrected chi connectivity index (χ4v) is 2.60. The molecule has 2 amide bonds. The van der Waals surface area contributed by atoms with Gasteiger partial charge in [-0.25, -0.2) is 0 Å². The highest BCUT2D eigenvalue weighted by Gasteiger charge is 2.12. The third-order valence-electron chi connectivity index (χ3n) is 3.80. The van der Waals surface area contributed by atoms with Gasteiger partial charge >= 0.3 is 0 Å². The number of allylic oxidation sites excluding steroid dienone is 1. The van der Waals surface area contributed by atoms with Gasteiger partial charge in [0.25, 0.3) is 11.8 Å². The molecule has 1 aromatic rings. The van der Waals surface area contributed by atoms with Gasteiger partial charge in [0.2, 0.25) is 0 Å². The molecule has 5 nitrogen and oxygen atoms in total. The second-order valence-corrected chi connectivity index (χ2v) is 6.20. The first-order chi connectivity index (χ1) is 11.1. The molecular weight excluding hydrogens is 290 g/mol. The Bertz CT molecular complexity index is 594. The van der Waals surface area contributed by atoms with Gasteiger partial charge in [-0.15, -0.1) is 0 Å². The maximum absolute atomic E-state index is 12.2. The summed E-state index contributed by atoms with van der Waals surface area (Å²) in [7, 11) is 0. The Kier molecular flexibility index (Phi) is 6.32. The summed E-state index contributed by atoms with van der Waals surface area (Å²) in [6.07, 6.45) is 11.0. The Labute approximate surface area is 137 Å². The van der Waals surface area contributed by atoms with Crippen LogP contribution < -0.4 is 10.6 Å². The Hall–Kier alpha value is -2.17. The predicted molar refractivity (Wildman–Crippen MR) is 90.3 cm³/mol. The Morgan fingerprint density at radius 2 is 1.91 bits per heavy atom. The van der Waals surface area contributed by atoms with E-state index in [0.29, 0.717) is 17.7 Å². The molecule has 0 bridgehead atoms. The van der Waals surface area contributed by atoms with E-state index in [1.807, 2.05) is 13.8 Å². The number of hydrogen-bond acceptors (Lipinski definition) is 3. The SMILES string of the molecule is CC(C)NC(=O)c1cncc(C(=O)NCCC2=CCCCC2)c1. The van der Waals surface area contributed by atoms with Crippen molar-refractivity contribution < 1.29 is 9.59 Å². The quantitative estimate of drug-likeness (QED) is 0.793. The number of rotatable bonds is 6. The summed E-state index contributed by atoms with van der Waals surface area (Å²) in [5.41, 5.74) is 2.25. The molecule has 0 aliphatic heterocycles. The fourth-order valence-electron chi connectivity index (χ4n) is 2.60. The van der Waals surface area contributed by atoms with Gasteiger partial charge in [0.15, 0.2) is 0 Å². The molecule has 124 valence electrons. The minimum absolute atomic E-state index is 0.0451. The number of carbonyl (C=O) groups excluding carboxylic acids is 2. The van der Waals surface area contributed by atoms with Gasteiger partial charge in [-0.3, -0.25) is 14.6 Å². The van der Waals surface area contributed by atoms with Crippen LogP contribution in [0, 0.1) is 0 Å². The topological polar surface area (TPSA) is 71.1 Å². The summed E-state index contributed by atoms with van der Waals surface area (Å²) in [6, 6.07) is 1.63. The van der Waals surface area contributed by atoms with Gasteiger partial charge in [0, 0.05) is 25.0 Å². The average Bonchev–Trinajstić information content (AvgIpc) is 2.55. The Morgan fingerprint density at radius 3 is 2.57 bits per heavy atom. The molecule has 1 heterocycles. The van der Waals surface area contributed by atoms with Crippen LogP contribution in [0.4, 0.5) is 0 Å². The van der Waals surface area contributed by atoms with Gasteiger partial charge in [-0.1, -0.05) is 11.6 Å². The van der Waals surface area contributed by atoms with Crippen LogP contribution in [-0.4, -0.2) is 29.4 Å². The number of carbonyl (C=O) groups is 2. The highest BCUT2D eigenvalue weighted by molar-refractivity contribution is 5.99. The van der Waals surface area contributed by atoms with Crippen LogP contribution >= 0.6 is 0 Å². The van der Waals surface area contributed by atoms with E-state index in [1.54, 1.807) is 6.07 Å². The normalized spacial score (nSPS) is 14.3. The Morgan fingerprint density at radius 1 is 1.17 bits per heavy atom. The fraction of sp³-hybridized carbons (Fsp3) is 0.500. The lowest BCUT2D eigenvalue weighted by atomic mass is 9.97. The molecule has 1 aliphatic rings. The molecule has 1 aliphatic carbocycles. The molecule has 2 rings (SSSR count). The summed E-state index contributed by atoms with van der Waals surface area (Å²) in [4.78, 5) is 28.1. The third-order valence-corrected chi connectivity index (χ3v) is 3.80. The highest BCUT2D eigenvalue weighted by atomic mass is 16.2. The van der Waals surface area contributed by atoms with Crippen LogP contribution in [0.5, 0.6) is 0 Å². The zero-order valence-corrected chi connectivity index (χ0v) is 13.9. The van der Waals surface area contributed by atoms with Gasteiger partial charge in [-0.05, 0) is 52.0 Å². The number of hydrogen-bond donors (Lipinski definition) is 2. The molecule has 23 heavy (non-hydrogen) atoms. The standard InChI is InChI=1S/C18H25N3O2/c1-13(2)21-18(23)16-10-15(11-19-12-16)17(22)20-9-8-14-6-4-3-5-7-14/h6,10-13H,3-5,7-9H2,1-2H3,(H,20,22)(H,21,23). The summed E-state index contributed by atoms with van der Waals surface area (Å²) in [5, 5.41) is 5.69. The summed E-state index contributed by atoms with van der Waals surface area (Å²) < 4.78 is 0. The van der Waals surface area contributed by atoms with E-state index in [2.05, 4.69) is 21.7 Å². The molecule has 2 N–H and O–H groups in total. The monoisotopic (exact) mass is 315 g/mol. The lowest BCUT2D eigenvalue weighted by Crippen LogP contribution is -2.31. The first kappa shape index (κ1) is 17.2. The van der Waals surface area contributed by atoms with Crippen LogP contribution in [0.25, 0.3) is 0 Å². The van der Waals surface area contributed by atoms with Crippen molar-refractivity contribution in [3.05, 3.63) is 41.2 Å². The maximum Gasteiger partial charge on any atom is 0.253 e. The van der Waals surface area contributed by atoms with Crippen molar-refractivity contribution >= 4 is 11.8 Å². The average molecular weight is 315 g/mol. The van der Waals surface area contributed by atoms with Crippen molar-refractivity contribution in [1.29, 1.82) is 0 Å². The molecule has 0 spiro atoms. The third kappa shape index (κ3) is 5.51. The second kappa shape index (κ2) is 8.46. The van der Waals surface area contributed by atoms with Gasteiger partial charge in [-0.2, -0.15) is 0 Å². The Balaban J connectivity index is 1.89. The molecule has 0 unspecified atom stereocenters. The van der Waals surface area contributed by atoms with E-state index >= 15 is 0 Å². The molecule has 0 fully saturated rings. The van der Waals surface area contributed by atoms with E-state index in [0.717, 1.165) is 19.3 Å². The van der Waals surface area contributed by atoms with Crippen LogP contribution in [0.1, 0.15) is 66.7 Å². The van der Waals surface area contributed by atoms with Gasteiger partial charge < -0.3 is 10.6 Å². The minimum Gasteiger partial charge on any atom is -0.352 e. The van der Waals surface area contributed by atoms with Crippen LogP contribution in [0.15, 0.2) is 30.1 Å². The molecular formula is C18H25N3O2. The van der Waals surface area contributed by atoms with E-state index < -0.39 is 0 Å². The van der Waals surface area contributed by atoms with E-state index in [1.165, 1.54) is 30.8 Å². The number of nitrogens with one attached hydrogen (secondary N) is 2. The molecule has 0 aromatic carbocycles. The van der Waals surface area contributed by atoms with Crippen molar-refractivity contribution in [2.24, 2.45) is 0 Å². The van der Waals surface area contributed by atoms with E-state index in [9.17, 15) is 9.59 Å². The smallest absolute Gasteiger partial charge is 0.253 e. The van der Waals surface area contributed by atoms with Crippen molar-refractivity contribution in [2.75, 3.05) is 6.54 Å². The zero-order valence-electron chi connectivity index (χ0n) is 13.9. The predicted octanol–water partition coefficient (Wildman–Crippen LogP) is 2.84. The lowest BCUT2D eigenvalue weighted by Gasteiger charge is -2.13. The lowest BCUT2D eigenvalue weighted by molar-refractivity contribution is 0.0942. The number of nitrogens with zero attached hydrogens (tertiary/aromatic N) is 1. The molecule has 0 radical (unpaired) electrons. The molecule has 0 atom stereocenters. The first-order valence-corrected chi connectivity index (χ1v) is 8.28. The number of pyridine rings is 1. The van der Waals surface area contributed by atoms with Crippen LogP contribution in [-0.2, 0) is 0 Å². The zero-order chi connectivity index (χ0) is 16.7. The van der Waals surface area contributed by atoms with Crippen molar-refractivity contribution in [3.63, 3.8) is 0 Å². The van der Waals surface area contributed by atoms with E-state index in [-0.39, 0.29) is 17.9 Å². The minimum atomic E-state index is -0.213. The van der Waals surface area contributed by atoms with Crippen LogP contribution in [0.3, 0.4) is 0 Å². The van der Waals surface area contributed by atoms with Crippen molar-refractivity contribution in [2.45, 2.75) is 52.0 Å². The van der Waals surface area contributed by atoms with Crippen molar-refractivity contribution in [1.82, 2.24) is 15.6 Å². The first-order valence-electron chi connectivity index (χ1n) is 8.28.